The van der Waals surface area contributed by atoms with Crippen molar-refractivity contribution in [2.24, 2.45) is 0 Å². The van der Waals surface area contributed by atoms with Crippen molar-refractivity contribution in [3.8, 4) is 0 Å². The van der Waals surface area contributed by atoms with Crippen LogP contribution in [0.3, 0.4) is 0 Å². The van der Waals surface area contributed by atoms with Gasteiger partial charge < -0.3 is 0 Å². The predicted octanol–water partition coefficient (Wildman–Crippen LogP) is 0.333. The Kier molecular flexibility index (Phi) is 2.43. The third-order valence-electron chi connectivity index (χ3n) is 1.73. The first-order chi connectivity index (χ1) is 3.43. The van der Waals surface area contributed by atoms with Gasteiger partial charge in [0.25, 0.3) is 0 Å². The Balaban J connectivity index is 2.14. The molecule has 0 saturated heterocycles. The van der Waals surface area contributed by atoms with E-state index in [0.717, 1.165) is 0 Å². The molecule has 42 valence electrons. The second-order valence-electron chi connectivity index (χ2n) is 2.33. The Hall–Kier alpha value is 0.736. The first kappa shape index (κ1) is 5.87. The van der Waals surface area contributed by atoms with Gasteiger partial charge in [-0.05, 0) is 0 Å². The molecule has 0 N–H and O–H groups in total. The van der Waals surface area contributed by atoms with E-state index in [1.54, 1.807) is 12.8 Å². The molecule has 0 nitrogen and oxygen atoms in total. The van der Waals surface area contributed by atoms with Gasteiger partial charge in [-0.15, -0.1) is 0 Å². The topological polar surface area (TPSA) is 0 Å². The van der Waals surface area contributed by atoms with Crippen molar-refractivity contribution in [2.75, 3.05) is 0 Å². The zero-order chi connectivity index (χ0) is 5.11. The fraction of sp³-hybridized carbons (Fsp3) is 1.00. The molecule has 1 rings (SSSR count). The van der Waals surface area contributed by atoms with E-state index < -0.39 is 0 Å². The van der Waals surface area contributed by atoms with Gasteiger partial charge in [-0.25, -0.2) is 0 Å². The summed E-state index contributed by atoms with van der Waals surface area (Å²) in [5, 5.41) is 0. The van der Waals surface area contributed by atoms with E-state index in [1.165, 1.54) is 18.4 Å². The minimum absolute atomic E-state index is 0.328. The molecule has 0 aliphatic heterocycles. The summed E-state index contributed by atoms with van der Waals surface area (Å²) >= 11 is 2.83. The van der Waals surface area contributed by atoms with E-state index in [4.69, 9.17) is 0 Å². The van der Waals surface area contributed by atoms with Crippen LogP contribution >= 0.6 is 0 Å². The van der Waals surface area contributed by atoms with Gasteiger partial charge in [0.2, 0.25) is 0 Å². The van der Waals surface area contributed by atoms with E-state index >= 15 is 0 Å². The molecule has 0 aromatic rings. The maximum absolute atomic E-state index is 2.83. The molecular formula is C5H12SeSi. The Labute approximate surface area is 55.1 Å². The monoisotopic (exact) mass is 180 g/mol. The van der Waals surface area contributed by atoms with E-state index in [0.29, 0.717) is 8.13 Å². The molecular weight excluding hydrogens is 167 g/mol. The fourth-order valence-electron chi connectivity index (χ4n) is 1.19. The van der Waals surface area contributed by atoms with Crippen molar-refractivity contribution in [1.29, 1.82) is 0 Å². The van der Waals surface area contributed by atoms with Crippen LogP contribution in [0.4, 0.5) is 0 Å². The second-order valence-corrected chi connectivity index (χ2v) is 6.15. The summed E-state index contributed by atoms with van der Waals surface area (Å²) in [7, 11) is 0.328. The SMILES string of the molecule is [SeH][SiH2]C1CCCC1. The third kappa shape index (κ3) is 1.59. The fourth-order valence-corrected chi connectivity index (χ4v) is 4.43. The van der Waals surface area contributed by atoms with Crippen molar-refractivity contribution < 1.29 is 0 Å². The molecule has 0 unspecified atom stereocenters. The molecule has 0 heterocycles. The Morgan fingerprint density at radius 1 is 1.29 bits per heavy atom. The molecule has 1 saturated carbocycles. The maximum atomic E-state index is 2.83. The van der Waals surface area contributed by atoms with Crippen LogP contribution in [0, 0.1) is 0 Å². The molecule has 2 heteroatoms. The average Bonchev–Trinajstić information content (AvgIpc) is 2.14. The van der Waals surface area contributed by atoms with Crippen LogP contribution in [0.1, 0.15) is 25.7 Å². The first-order valence-corrected chi connectivity index (χ1v) is 8.47. The molecule has 0 spiro atoms. The molecule has 0 aromatic carbocycles. The Morgan fingerprint density at radius 3 is 2.14 bits per heavy atom. The van der Waals surface area contributed by atoms with E-state index in [2.05, 4.69) is 15.4 Å². The van der Waals surface area contributed by atoms with E-state index in [-0.39, 0.29) is 0 Å². The van der Waals surface area contributed by atoms with Gasteiger partial charge in [-0.2, -0.15) is 0 Å². The quantitative estimate of drug-likeness (QED) is 0.509. The van der Waals surface area contributed by atoms with Crippen molar-refractivity contribution in [2.45, 2.75) is 31.2 Å². The molecule has 0 aromatic heterocycles. The summed E-state index contributed by atoms with van der Waals surface area (Å²) < 4.78 is 0. The molecule has 0 amide bonds. The summed E-state index contributed by atoms with van der Waals surface area (Å²) in [6.45, 7) is 0. The zero-order valence-electron chi connectivity index (χ0n) is 4.56. The van der Waals surface area contributed by atoms with Gasteiger partial charge in [0.05, 0.1) is 0 Å². The second kappa shape index (κ2) is 2.90. The molecule has 1 aliphatic rings. The van der Waals surface area contributed by atoms with Crippen LogP contribution in [0.2, 0.25) is 5.54 Å². The average molecular weight is 179 g/mol. The predicted molar refractivity (Wildman–Crippen MR) is 37.9 cm³/mol. The number of hydrogen-bond acceptors (Lipinski definition) is 0. The molecule has 0 radical (unpaired) electrons. The molecule has 0 bridgehead atoms. The summed E-state index contributed by atoms with van der Waals surface area (Å²) in [6, 6.07) is 0. The number of hydrogen-bond donors (Lipinski definition) is 0. The van der Waals surface area contributed by atoms with Crippen LogP contribution in [0.5, 0.6) is 0 Å². The normalized spacial score (nSPS) is 25.3. The molecule has 1 aliphatic carbocycles. The van der Waals surface area contributed by atoms with E-state index in [1.807, 2.05) is 0 Å². The van der Waals surface area contributed by atoms with Gasteiger partial charge in [-0.3, -0.25) is 0 Å². The van der Waals surface area contributed by atoms with Crippen LogP contribution < -0.4 is 0 Å². The zero-order valence-corrected chi connectivity index (χ0v) is 7.85. The van der Waals surface area contributed by atoms with Crippen molar-refractivity contribution in [3.05, 3.63) is 0 Å². The van der Waals surface area contributed by atoms with Gasteiger partial charge in [0.1, 0.15) is 0 Å². The summed E-state index contributed by atoms with van der Waals surface area (Å²) in [5.41, 5.74) is 1.21. The van der Waals surface area contributed by atoms with Crippen molar-refractivity contribution in [3.63, 3.8) is 0 Å². The molecule has 1 fully saturated rings. The van der Waals surface area contributed by atoms with Crippen LogP contribution in [-0.4, -0.2) is 23.5 Å². The van der Waals surface area contributed by atoms with Gasteiger partial charge >= 0.3 is 54.7 Å². The minimum atomic E-state index is 0.328. The third-order valence-corrected chi connectivity index (χ3v) is 6.32. The summed E-state index contributed by atoms with van der Waals surface area (Å²) in [6.07, 6.45) is 6.16. The van der Waals surface area contributed by atoms with Crippen LogP contribution in [-0.2, 0) is 0 Å². The Morgan fingerprint density at radius 2 is 1.86 bits per heavy atom. The van der Waals surface area contributed by atoms with Crippen molar-refractivity contribution in [1.82, 2.24) is 0 Å². The standard InChI is InChI=1S/C5H12SeSi/c6-7-5-3-1-2-4-5/h5-6H,1-4,7H2. The van der Waals surface area contributed by atoms with Crippen LogP contribution in [0.25, 0.3) is 0 Å². The van der Waals surface area contributed by atoms with E-state index in [9.17, 15) is 0 Å². The van der Waals surface area contributed by atoms with Gasteiger partial charge in [0.15, 0.2) is 0 Å². The first-order valence-electron chi connectivity index (χ1n) is 3.04. The molecule has 7 heavy (non-hydrogen) atoms. The summed E-state index contributed by atoms with van der Waals surface area (Å²) in [4.78, 5) is 0. The summed E-state index contributed by atoms with van der Waals surface area (Å²) in [5.74, 6) is 0. The van der Waals surface area contributed by atoms with Gasteiger partial charge in [-0.1, -0.05) is 0 Å². The number of rotatable bonds is 1. The van der Waals surface area contributed by atoms with Gasteiger partial charge in [0, 0.05) is 0 Å². The molecule has 0 atom stereocenters. The van der Waals surface area contributed by atoms with Crippen LogP contribution in [0.15, 0.2) is 0 Å². The Bertz CT molecular complexity index is 50.0. The van der Waals surface area contributed by atoms with Crippen molar-refractivity contribution >= 4 is 23.5 Å².